The molecule has 2 rings (SSSR count). The number of esters is 1. The summed E-state index contributed by atoms with van der Waals surface area (Å²) in [4.78, 5) is 11.7. The van der Waals surface area contributed by atoms with Crippen molar-refractivity contribution in [3.63, 3.8) is 0 Å². The zero-order chi connectivity index (χ0) is 13.0. The van der Waals surface area contributed by atoms with E-state index in [1.807, 2.05) is 30.3 Å². The number of nitrogens with zero attached hydrogens (tertiary/aromatic N) is 2. The van der Waals surface area contributed by atoms with Crippen LogP contribution in [0.4, 0.5) is 5.82 Å². The minimum absolute atomic E-state index is 0.314. The highest BCUT2D eigenvalue weighted by Gasteiger charge is 2.15. The third-order valence-corrected chi connectivity index (χ3v) is 2.46. The van der Waals surface area contributed by atoms with Crippen LogP contribution >= 0.6 is 0 Å². The van der Waals surface area contributed by atoms with Crippen LogP contribution in [-0.4, -0.2) is 22.4 Å². The molecule has 1 heterocycles. The number of rotatable bonds is 4. The molecule has 0 saturated heterocycles. The molecule has 5 heteroatoms. The largest absolute Gasteiger partial charge is 0.461 e. The maximum atomic E-state index is 11.7. The Hall–Kier alpha value is -2.30. The molecule has 94 valence electrons. The molecule has 0 aliphatic rings. The van der Waals surface area contributed by atoms with Gasteiger partial charge in [0, 0.05) is 6.07 Å². The highest BCUT2D eigenvalue weighted by atomic mass is 16.5. The molecule has 2 aromatic rings. The van der Waals surface area contributed by atoms with Gasteiger partial charge in [-0.05, 0) is 12.5 Å². The van der Waals surface area contributed by atoms with Gasteiger partial charge in [0.25, 0.3) is 0 Å². The van der Waals surface area contributed by atoms with E-state index in [0.29, 0.717) is 24.7 Å². The number of carbonyl (C=O) groups excluding carboxylic acids is 1. The van der Waals surface area contributed by atoms with Gasteiger partial charge in [0.05, 0.1) is 13.2 Å². The van der Waals surface area contributed by atoms with E-state index >= 15 is 0 Å². The smallest absolute Gasteiger partial charge is 0.356 e. The second kappa shape index (κ2) is 5.35. The Bertz CT molecular complexity index is 534. The Labute approximate surface area is 105 Å². The molecule has 1 aromatic carbocycles. The fourth-order valence-corrected chi connectivity index (χ4v) is 1.68. The fourth-order valence-electron chi connectivity index (χ4n) is 1.68. The van der Waals surface area contributed by atoms with Crippen LogP contribution in [0.1, 0.15) is 23.0 Å². The van der Waals surface area contributed by atoms with E-state index in [2.05, 4.69) is 5.10 Å². The normalized spacial score (nSPS) is 10.3. The monoisotopic (exact) mass is 245 g/mol. The molecule has 0 radical (unpaired) electrons. The van der Waals surface area contributed by atoms with Crippen molar-refractivity contribution < 1.29 is 9.53 Å². The zero-order valence-electron chi connectivity index (χ0n) is 10.2. The average molecular weight is 245 g/mol. The first kappa shape index (κ1) is 12.2. The Morgan fingerprint density at radius 1 is 1.39 bits per heavy atom. The van der Waals surface area contributed by atoms with Gasteiger partial charge in [-0.2, -0.15) is 5.10 Å². The van der Waals surface area contributed by atoms with Gasteiger partial charge in [-0.15, -0.1) is 0 Å². The second-order valence-electron chi connectivity index (χ2n) is 3.82. The summed E-state index contributed by atoms with van der Waals surface area (Å²) in [5.74, 6) is -0.0911. The van der Waals surface area contributed by atoms with Crippen molar-refractivity contribution in [1.82, 2.24) is 9.78 Å². The van der Waals surface area contributed by atoms with Crippen molar-refractivity contribution in [2.45, 2.75) is 13.5 Å². The number of nitrogen functional groups attached to an aromatic ring is 1. The van der Waals surface area contributed by atoms with Gasteiger partial charge in [-0.1, -0.05) is 30.3 Å². The Morgan fingerprint density at radius 3 is 2.78 bits per heavy atom. The zero-order valence-corrected chi connectivity index (χ0v) is 10.2. The topological polar surface area (TPSA) is 70.1 Å². The standard InChI is InChI=1S/C13H15N3O2/c1-2-18-13(17)11-8-12(14)15-16(11)9-10-6-4-3-5-7-10/h3-8H,2,9H2,1H3,(H2,14,15). The lowest BCUT2D eigenvalue weighted by Crippen LogP contribution is -2.14. The molecule has 0 spiro atoms. The van der Waals surface area contributed by atoms with Crippen molar-refractivity contribution in [3.8, 4) is 0 Å². The van der Waals surface area contributed by atoms with E-state index in [0.717, 1.165) is 5.56 Å². The molecular weight excluding hydrogens is 230 g/mol. The minimum Gasteiger partial charge on any atom is -0.461 e. The lowest BCUT2D eigenvalue weighted by Gasteiger charge is -2.06. The Morgan fingerprint density at radius 2 is 2.11 bits per heavy atom. The van der Waals surface area contributed by atoms with Gasteiger partial charge in [-0.25, -0.2) is 4.79 Å². The summed E-state index contributed by atoms with van der Waals surface area (Å²) in [6.45, 7) is 2.58. The van der Waals surface area contributed by atoms with E-state index in [-0.39, 0.29) is 0 Å². The van der Waals surface area contributed by atoms with Crippen molar-refractivity contribution in [3.05, 3.63) is 47.7 Å². The van der Waals surface area contributed by atoms with Crippen LogP contribution in [0.3, 0.4) is 0 Å². The van der Waals surface area contributed by atoms with Crippen LogP contribution in [-0.2, 0) is 11.3 Å². The van der Waals surface area contributed by atoms with Crippen molar-refractivity contribution in [2.24, 2.45) is 0 Å². The molecule has 0 saturated carbocycles. The van der Waals surface area contributed by atoms with E-state index in [1.54, 1.807) is 11.6 Å². The maximum absolute atomic E-state index is 11.7. The molecule has 2 N–H and O–H groups in total. The third-order valence-electron chi connectivity index (χ3n) is 2.46. The van der Waals surface area contributed by atoms with Gasteiger partial charge in [0.1, 0.15) is 11.5 Å². The number of anilines is 1. The number of nitrogens with two attached hydrogens (primary N) is 1. The third kappa shape index (κ3) is 2.68. The number of carbonyl (C=O) groups is 1. The Balaban J connectivity index is 2.25. The van der Waals surface area contributed by atoms with Crippen LogP contribution < -0.4 is 5.73 Å². The number of ether oxygens (including phenoxy) is 1. The van der Waals surface area contributed by atoms with Gasteiger partial charge in [0.2, 0.25) is 0 Å². The molecule has 0 aliphatic heterocycles. The van der Waals surface area contributed by atoms with E-state index < -0.39 is 5.97 Å². The van der Waals surface area contributed by atoms with Crippen LogP contribution in [0.5, 0.6) is 0 Å². The molecule has 1 aromatic heterocycles. The molecule has 18 heavy (non-hydrogen) atoms. The summed E-state index contributed by atoms with van der Waals surface area (Å²) >= 11 is 0. The predicted molar refractivity (Wildman–Crippen MR) is 68.1 cm³/mol. The molecule has 5 nitrogen and oxygen atoms in total. The van der Waals surface area contributed by atoms with Crippen LogP contribution in [0.25, 0.3) is 0 Å². The van der Waals surface area contributed by atoms with Gasteiger partial charge >= 0.3 is 5.97 Å². The van der Waals surface area contributed by atoms with E-state index in [4.69, 9.17) is 10.5 Å². The van der Waals surface area contributed by atoms with Crippen molar-refractivity contribution in [1.29, 1.82) is 0 Å². The molecular formula is C13H15N3O2. The maximum Gasteiger partial charge on any atom is 0.356 e. The lowest BCUT2D eigenvalue weighted by atomic mass is 10.2. The second-order valence-corrected chi connectivity index (χ2v) is 3.82. The summed E-state index contributed by atoms with van der Waals surface area (Å²) in [5, 5.41) is 4.10. The van der Waals surface area contributed by atoms with Crippen molar-refractivity contribution in [2.75, 3.05) is 12.3 Å². The van der Waals surface area contributed by atoms with Crippen LogP contribution in [0.2, 0.25) is 0 Å². The Kier molecular flexibility index (Phi) is 3.62. The summed E-state index contributed by atoms with van der Waals surface area (Å²) in [6.07, 6.45) is 0. The number of aromatic nitrogens is 2. The van der Waals surface area contributed by atoms with Crippen LogP contribution in [0, 0.1) is 0 Å². The highest BCUT2D eigenvalue weighted by molar-refractivity contribution is 5.88. The van der Waals surface area contributed by atoms with Gasteiger partial charge in [-0.3, -0.25) is 4.68 Å². The van der Waals surface area contributed by atoms with Gasteiger partial charge < -0.3 is 10.5 Å². The molecule has 0 amide bonds. The highest BCUT2D eigenvalue weighted by Crippen LogP contribution is 2.11. The first-order valence-corrected chi connectivity index (χ1v) is 5.75. The molecule has 0 aliphatic carbocycles. The number of hydrogen-bond donors (Lipinski definition) is 1. The van der Waals surface area contributed by atoms with Crippen LogP contribution in [0.15, 0.2) is 36.4 Å². The fraction of sp³-hybridized carbons (Fsp3) is 0.231. The number of benzene rings is 1. The first-order chi connectivity index (χ1) is 8.70. The lowest BCUT2D eigenvalue weighted by molar-refractivity contribution is 0.0512. The summed E-state index contributed by atoms with van der Waals surface area (Å²) in [7, 11) is 0. The predicted octanol–water partition coefficient (Wildman–Crippen LogP) is 1.69. The van der Waals surface area contributed by atoms with Gasteiger partial charge in [0.15, 0.2) is 0 Å². The molecule has 0 atom stereocenters. The number of hydrogen-bond acceptors (Lipinski definition) is 4. The SMILES string of the molecule is CCOC(=O)c1cc(N)nn1Cc1ccccc1. The molecule has 0 unspecified atom stereocenters. The summed E-state index contributed by atoms with van der Waals surface area (Å²) in [6, 6.07) is 11.3. The summed E-state index contributed by atoms with van der Waals surface area (Å²) in [5.41, 5.74) is 7.05. The van der Waals surface area contributed by atoms with E-state index in [9.17, 15) is 4.79 Å². The minimum atomic E-state index is -0.405. The molecule has 0 fully saturated rings. The average Bonchev–Trinajstić information content (AvgIpc) is 2.72. The summed E-state index contributed by atoms with van der Waals surface area (Å²) < 4.78 is 6.52. The van der Waals surface area contributed by atoms with E-state index in [1.165, 1.54) is 6.07 Å². The van der Waals surface area contributed by atoms with Crippen molar-refractivity contribution >= 4 is 11.8 Å². The molecule has 0 bridgehead atoms. The quantitative estimate of drug-likeness (QED) is 0.832. The first-order valence-electron chi connectivity index (χ1n) is 5.75.